The molecule has 0 aromatic rings. The molecule has 14 heavy (non-hydrogen) atoms. The normalized spacial score (nSPS) is 25.7. The van der Waals surface area contributed by atoms with E-state index in [1.807, 2.05) is 0 Å². The second-order valence-electron chi connectivity index (χ2n) is 4.23. The Bertz CT molecular complexity index is 133. The minimum Gasteiger partial charge on any atom is -0.385 e. The zero-order valence-electron chi connectivity index (χ0n) is 9.51. The van der Waals surface area contributed by atoms with Crippen molar-refractivity contribution in [1.29, 1.82) is 0 Å². The number of rotatable bonds is 5. The molecule has 84 valence electrons. The van der Waals surface area contributed by atoms with Crippen molar-refractivity contribution >= 4 is 0 Å². The minimum absolute atomic E-state index is 0.582. The van der Waals surface area contributed by atoms with Crippen LogP contribution in [-0.2, 0) is 4.74 Å². The van der Waals surface area contributed by atoms with Gasteiger partial charge in [-0.15, -0.1) is 0 Å². The summed E-state index contributed by atoms with van der Waals surface area (Å²) in [5, 5.41) is 7.10. The fraction of sp³-hybridized carbons (Fsp3) is 1.00. The van der Waals surface area contributed by atoms with Gasteiger partial charge in [-0.25, -0.2) is 0 Å². The van der Waals surface area contributed by atoms with Crippen molar-refractivity contribution in [2.45, 2.75) is 44.7 Å². The van der Waals surface area contributed by atoms with Gasteiger partial charge in [0, 0.05) is 25.8 Å². The predicted molar refractivity (Wildman–Crippen MR) is 59.6 cm³/mol. The number of hydrogen-bond acceptors (Lipinski definition) is 3. The molecule has 2 N–H and O–H groups in total. The van der Waals surface area contributed by atoms with E-state index in [1.54, 1.807) is 7.11 Å². The molecule has 0 aromatic heterocycles. The van der Waals surface area contributed by atoms with Crippen molar-refractivity contribution in [3.63, 3.8) is 0 Å². The molecule has 1 fully saturated rings. The summed E-state index contributed by atoms with van der Waals surface area (Å²) in [6.45, 7) is 5.45. The molecule has 3 nitrogen and oxygen atoms in total. The summed E-state index contributed by atoms with van der Waals surface area (Å²) in [7, 11) is 1.77. The molecule has 1 rings (SSSR count). The Balaban J connectivity index is 2.13. The molecule has 0 aromatic carbocycles. The van der Waals surface area contributed by atoms with Crippen LogP contribution in [-0.4, -0.2) is 38.9 Å². The van der Waals surface area contributed by atoms with Gasteiger partial charge in [0.25, 0.3) is 0 Å². The maximum atomic E-state index is 5.07. The fourth-order valence-corrected chi connectivity index (χ4v) is 1.97. The van der Waals surface area contributed by atoms with Crippen molar-refractivity contribution in [1.82, 2.24) is 10.6 Å². The topological polar surface area (TPSA) is 33.3 Å². The predicted octanol–water partition coefficient (Wildman–Crippen LogP) is 1.14. The molecule has 1 aliphatic heterocycles. The van der Waals surface area contributed by atoms with Gasteiger partial charge in [0.15, 0.2) is 0 Å². The second-order valence-corrected chi connectivity index (χ2v) is 4.23. The quantitative estimate of drug-likeness (QED) is 0.698. The lowest BCUT2D eigenvalue weighted by molar-refractivity contribution is 0.182. The first-order valence-corrected chi connectivity index (χ1v) is 5.78. The van der Waals surface area contributed by atoms with Crippen LogP contribution >= 0.6 is 0 Å². The zero-order chi connectivity index (χ0) is 10.2. The van der Waals surface area contributed by atoms with Gasteiger partial charge in [-0.3, -0.25) is 0 Å². The van der Waals surface area contributed by atoms with Crippen molar-refractivity contribution in [2.24, 2.45) is 0 Å². The molecule has 0 spiro atoms. The lowest BCUT2D eigenvalue weighted by Crippen LogP contribution is -2.37. The maximum Gasteiger partial charge on any atom is 0.0476 e. The van der Waals surface area contributed by atoms with E-state index < -0.39 is 0 Å². The highest BCUT2D eigenvalue weighted by atomic mass is 16.5. The van der Waals surface area contributed by atoms with Gasteiger partial charge in [-0.05, 0) is 45.7 Å². The third kappa shape index (κ3) is 4.94. The molecule has 0 aliphatic carbocycles. The largest absolute Gasteiger partial charge is 0.385 e. The van der Waals surface area contributed by atoms with E-state index in [0.717, 1.165) is 19.6 Å². The van der Waals surface area contributed by atoms with Crippen LogP contribution in [0.2, 0.25) is 0 Å². The Morgan fingerprint density at radius 3 is 3.07 bits per heavy atom. The highest BCUT2D eigenvalue weighted by Gasteiger charge is 2.13. The average molecular weight is 200 g/mol. The number of methoxy groups -OCH3 is 1. The third-order valence-electron chi connectivity index (χ3n) is 2.85. The first-order valence-electron chi connectivity index (χ1n) is 5.78. The number of ether oxygens (including phenoxy) is 1. The summed E-state index contributed by atoms with van der Waals surface area (Å²) in [6.07, 6.45) is 4.98. The fourth-order valence-electron chi connectivity index (χ4n) is 1.97. The van der Waals surface area contributed by atoms with E-state index in [4.69, 9.17) is 4.74 Å². The summed E-state index contributed by atoms with van der Waals surface area (Å²) in [6, 6.07) is 1.29. The van der Waals surface area contributed by atoms with E-state index in [-0.39, 0.29) is 0 Å². The van der Waals surface area contributed by atoms with Crippen molar-refractivity contribution in [2.75, 3.05) is 26.8 Å². The Morgan fingerprint density at radius 1 is 1.43 bits per heavy atom. The molecule has 3 heteroatoms. The monoisotopic (exact) mass is 200 g/mol. The highest BCUT2D eigenvalue weighted by Crippen LogP contribution is 2.06. The molecule has 0 saturated carbocycles. The Hall–Kier alpha value is -0.120. The summed E-state index contributed by atoms with van der Waals surface area (Å²) >= 11 is 0. The van der Waals surface area contributed by atoms with Gasteiger partial charge in [0.1, 0.15) is 0 Å². The van der Waals surface area contributed by atoms with Crippen molar-refractivity contribution in [3.8, 4) is 0 Å². The van der Waals surface area contributed by atoms with Gasteiger partial charge in [0.05, 0.1) is 0 Å². The maximum absolute atomic E-state index is 5.07. The number of nitrogens with one attached hydrogen (secondary N) is 2. The Morgan fingerprint density at radius 2 is 2.29 bits per heavy atom. The second kappa shape index (κ2) is 7.21. The van der Waals surface area contributed by atoms with Gasteiger partial charge < -0.3 is 15.4 Å². The van der Waals surface area contributed by atoms with Crippen LogP contribution in [0.25, 0.3) is 0 Å². The minimum atomic E-state index is 0.582. The summed E-state index contributed by atoms with van der Waals surface area (Å²) in [4.78, 5) is 0. The lowest BCUT2D eigenvalue weighted by atomic mass is 10.1. The van der Waals surface area contributed by atoms with Crippen LogP contribution in [0, 0.1) is 0 Å². The number of hydrogen-bond donors (Lipinski definition) is 2. The molecule has 0 radical (unpaired) electrons. The summed E-state index contributed by atoms with van der Waals surface area (Å²) in [5.41, 5.74) is 0. The van der Waals surface area contributed by atoms with Crippen LogP contribution < -0.4 is 10.6 Å². The average Bonchev–Trinajstić information content (AvgIpc) is 2.43. The molecular weight excluding hydrogens is 176 g/mol. The summed E-state index contributed by atoms with van der Waals surface area (Å²) in [5.74, 6) is 0. The van der Waals surface area contributed by atoms with Crippen LogP contribution in [0.15, 0.2) is 0 Å². The molecule has 2 unspecified atom stereocenters. The van der Waals surface area contributed by atoms with Gasteiger partial charge in [-0.1, -0.05) is 0 Å². The molecule has 0 amide bonds. The molecular formula is C11H24N2O. The molecule has 1 saturated heterocycles. The molecule has 1 heterocycles. The summed E-state index contributed by atoms with van der Waals surface area (Å²) < 4.78 is 5.07. The van der Waals surface area contributed by atoms with Crippen molar-refractivity contribution < 1.29 is 4.74 Å². The first kappa shape index (κ1) is 12.0. The van der Waals surface area contributed by atoms with Crippen LogP contribution in [0.4, 0.5) is 0 Å². The van der Waals surface area contributed by atoms with Crippen LogP contribution in [0.5, 0.6) is 0 Å². The van der Waals surface area contributed by atoms with E-state index in [0.29, 0.717) is 12.1 Å². The van der Waals surface area contributed by atoms with Crippen molar-refractivity contribution in [3.05, 3.63) is 0 Å². The van der Waals surface area contributed by atoms with Gasteiger partial charge >= 0.3 is 0 Å². The Kier molecular flexibility index (Phi) is 6.15. The Labute approximate surface area is 87.6 Å². The highest BCUT2D eigenvalue weighted by molar-refractivity contribution is 4.75. The molecule has 0 bridgehead atoms. The molecule has 1 aliphatic rings. The zero-order valence-corrected chi connectivity index (χ0v) is 9.51. The van der Waals surface area contributed by atoms with E-state index in [1.165, 1.54) is 25.8 Å². The van der Waals surface area contributed by atoms with E-state index >= 15 is 0 Å². The SMILES string of the molecule is COCCC(C)NC1CCCNCC1. The van der Waals surface area contributed by atoms with Crippen LogP contribution in [0.1, 0.15) is 32.6 Å². The van der Waals surface area contributed by atoms with E-state index in [9.17, 15) is 0 Å². The first-order chi connectivity index (χ1) is 6.83. The lowest BCUT2D eigenvalue weighted by Gasteiger charge is -2.21. The van der Waals surface area contributed by atoms with Crippen LogP contribution in [0.3, 0.4) is 0 Å². The van der Waals surface area contributed by atoms with Gasteiger partial charge in [0.2, 0.25) is 0 Å². The smallest absolute Gasteiger partial charge is 0.0476 e. The van der Waals surface area contributed by atoms with E-state index in [2.05, 4.69) is 17.6 Å². The van der Waals surface area contributed by atoms with Gasteiger partial charge in [-0.2, -0.15) is 0 Å². The molecule has 2 atom stereocenters. The third-order valence-corrected chi connectivity index (χ3v) is 2.85. The standard InChI is InChI=1S/C11H24N2O/c1-10(6-9-14-2)13-11-4-3-7-12-8-5-11/h10-13H,3-9H2,1-2H3.